The number of aromatic amines is 1. The number of benzene rings is 1. The Kier molecular flexibility index (Phi) is 3.48. The summed E-state index contributed by atoms with van der Waals surface area (Å²) in [6.45, 7) is 4.19. The summed E-state index contributed by atoms with van der Waals surface area (Å²) in [7, 11) is 0. The number of rotatable bonds is 4. The van der Waals surface area contributed by atoms with Gasteiger partial charge in [0.15, 0.2) is 0 Å². The van der Waals surface area contributed by atoms with E-state index in [1.807, 2.05) is 18.2 Å². The Balaban J connectivity index is 2.00. The monoisotopic (exact) mass is 319 g/mol. The molecule has 0 radical (unpaired) electrons. The Morgan fingerprint density at radius 3 is 2.90 bits per heavy atom. The Bertz CT molecular complexity index is 820. The van der Waals surface area contributed by atoms with Crippen LogP contribution in [0.3, 0.4) is 0 Å². The number of nitrogens with two attached hydrogens (primary N) is 2. The molecular weight excluding hydrogens is 306 g/mol. The van der Waals surface area contributed by atoms with Crippen LogP contribution < -0.4 is 16.8 Å². The van der Waals surface area contributed by atoms with E-state index in [-0.39, 0.29) is 0 Å². The number of nitrogen functional groups attached to an aromatic ring is 1. The number of nitrogens with zero attached hydrogens (tertiary/aromatic N) is 1. The zero-order valence-corrected chi connectivity index (χ0v) is 12.7. The molecule has 2 aromatic heterocycles. The third kappa shape index (κ3) is 2.81. The second kappa shape index (κ2) is 5.31. The number of aromatic nitrogens is 2. The zero-order valence-electron chi connectivity index (χ0n) is 11.1. The maximum absolute atomic E-state index is 6.35. The summed E-state index contributed by atoms with van der Waals surface area (Å²) < 4.78 is 0. The van der Waals surface area contributed by atoms with E-state index >= 15 is 0 Å². The van der Waals surface area contributed by atoms with Gasteiger partial charge in [-0.05, 0) is 18.2 Å². The molecule has 5 nitrogen and oxygen atoms in total. The van der Waals surface area contributed by atoms with Gasteiger partial charge in [-0.25, -0.2) is 4.98 Å². The van der Waals surface area contributed by atoms with Crippen molar-refractivity contribution in [3.8, 4) is 10.6 Å². The van der Waals surface area contributed by atoms with Crippen molar-refractivity contribution in [1.29, 1.82) is 0 Å². The lowest BCUT2D eigenvalue weighted by molar-refractivity contribution is 0.788. The Labute approximate surface area is 130 Å². The van der Waals surface area contributed by atoms with Crippen LogP contribution in [-0.2, 0) is 6.54 Å². The minimum Gasteiger partial charge on any atom is -0.386 e. The second-order valence-corrected chi connectivity index (χ2v) is 5.94. The van der Waals surface area contributed by atoms with Crippen LogP contribution in [0.15, 0.2) is 36.0 Å². The molecule has 0 aliphatic heterocycles. The van der Waals surface area contributed by atoms with Gasteiger partial charge in [-0.3, -0.25) is 0 Å². The molecule has 1 aromatic carbocycles. The molecule has 108 valence electrons. The average molecular weight is 320 g/mol. The van der Waals surface area contributed by atoms with Crippen LogP contribution >= 0.6 is 22.9 Å². The molecule has 3 rings (SSSR count). The number of nitrogens with one attached hydrogen (secondary N) is 2. The van der Waals surface area contributed by atoms with Crippen molar-refractivity contribution >= 4 is 39.7 Å². The van der Waals surface area contributed by atoms with E-state index in [9.17, 15) is 0 Å². The quantitative estimate of drug-likeness (QED) is 0.594. The SMILES string of the molecule is C=C(N)NCc1cc2cc(Cl)c(-c3nc(N)cs3)cc2[nH]1. The van der Waals surface area contributed by atoms with Gasteiger partial charge in [-0.1, -0.05) is 18.2 Å². The standard InChI is InChI=1S/C14H14ClN5S/c1-7(16)18-5-9-2-8-3-11(15)10(4-12(8)19-9)14-20-13(17)6-21-14/h2-4,6,18-19H,1,5,16-17H2. The van der Waals surface area contributed by atoms with Gasteiger partial charge < -0.3 is 21.8 Å². The van der Waals surface area contributed by atoms with E-state index in [4.69, 9.17) is 23.1 Å². The summed E-state index contributed by atoms with van der Waals surface area (Å²) in [6.07, 6.45) is 0. The fourth-order valence-electron chi connectivity index (χ4n) is 2.09. The maximum Gasteiger partial charge on any atom is 0.135 e. The van der Waals surface area contributed by atoms with Crippen LogP contribution in [-0.4, -0.2) is 9.97 Å². The van der Waals surface area contributed by atoms with E-state index in [1.165, 1.54) is 11.3 Å². The highest BCUT2D eigenvalue weighted by atomic mass is 35.5. The third-order valence-corrected chi connectivity index (χ3v) is 4.23. The summed E-state index contributed by atoms with van der Waals surface area (Å²) in [6, 6.07) is 5.93. The van der Waals surface area contributed by atoms with Crippen molar-refractivity contribution in [2.45, 2.75) is 6.54 Å². The highest BCUT2D eigenvalue weighted by molar-refractivity contribution is 7.13. The van der Waals surface area contributed by atoms with E-state index in [0.29, 0.717) is 23.2 Å². The third-order valence-electron chi connectivity index (χ3n) is 3.02. The molecule has 0 saturated heterocycles. The van der Waals surface area contributed by atoms with Crippen LogP contribution in [0.4, 0.5) is 5.82 Å². The fraction of sp³-hybridized carbons (Fsp3) is 0.0714. The molecule has 7 heteroatoms. The van der Waals surface area contributed by atoms with Crippen molar-refractivity contribution in [2.24, 2.45) is 5.73 Å². The zero-order chi connectivity index (χ0) is 15.0. The molecule has 0 saturated carbocycles. The molecular formula is C14H14ClN5S. The van der Waals surface area contributed by atoms with Gasteiger partial charge in [0.2, 0.25) is 0 Å². The molecule has 6 N–H and O–H groups in total. The fourth-order valence-corrected chi connectivity index (χ4v) is 3.15. The normalized spacial score (nSPS) is 10.9. The van der Waals surface area contributed by atoms with Gasteiger partial charge in [0, 0.05) is 27.5 Å². The molecule has 3 aromatic rings. The van der Waals surface area contributed by atoms with Gasteiger partial charge in [0.05, 0.1) is 17.4 Å². The van der Waals surface area contributed by atoms with Crippen molar-refractivity contribution < 1.29 is 0 Å². The summed E-state index contributed by atoms with van der Waals surface area (Å²) in [5, 5.41) is 7.27. The first-order valence-electron chi connectivity index (χ1n) is 6.23. The molecule has 0 bridgehead atoms. The maximum atomic E-state index is 6.35. The first-order valence-corrected chi connectivity index (χ1v) is 7.49. The number of hydrogen-bond donors (Lipinski definition) is 4. The molecule has 0 atom stereocenters. The lowest BCUT2D eigenvalue weighted by Gasteiger charge is -2.01. The molecule has 0 fully saturated rings. The van der Waals surface area contributed by atoms with Gasteiger partial charge >= 0.3 is 0 Å². The van der Waals surface area contributed by atoms with Gasteiger partial charge in [-0.2, -0.15) is 0 Å². The van der Waals surface area contributed by atoms with Gasteiger partial charge in [-0.15, -0.1) is 11.3 Å². The van der Waals surface area contributed by atoms with Crippen molar-refractivity contribution in [3.05, 3.63) is 46.7 Å². The summed E-state index contributed by atoms with van der Waals surface area (Å²) in [5.74, 6) is 0.939. The lowest BCUT2D eigenvalue weighted by Crippen LogP contribution is -2.18. The second-order valence-electron chi connectivity index (χ2n) is 4.67. The molecule has 0 aliphatic carbocycles. The number of anilines is 1. The van der Waals surface area contributed by atoms with Gasteiger partial charge in [0.25, 0.3) is 0 Å². The molecule has 0 aliphatic rings. The Morgan fingerprint density at radius 2 is 2.24 bits per heavy atom. The first kappa shape index (κ1) is 13.8. The van der Waals surface area contributed by atoms with Crippen LogP contribution in [0.25, 0.3) is 21.5 Å². The van der Waals surface area contributed by atoms with E-state index < -0.39 is 0 Å². The number of halogens is 1. The number of fused-ring (bicyclic) bond motifs is 1. The summed E-state index contributed by atoms with van der Waals surface area (Å²) in [5.41, 5.74) is 14.0. The topological polar surface area (TPSA) is 92.8 Å². The highest BCUT2D eigenvalue weighted by Crippen LogP contribution is 2.34. The molecule has 0 amide bonds. The minimum absolute atomic E-state index is 0.436. The molecule has 0 spiro atoms. The van der Waals surface area contributed by atoms with Crippen molar-refractivity contribution in [2.75, 3.05) is 5.73 Å². The molecule has 0 unspecified atom stereocenters. The molecule has 2 heterocycles. The first-order chi connectivity index (χ1) is 10.0. The summed E-state index contributed by atoms with van der Waals surface area (Å²) in [4.78, 5) is 7.60. The number of thiazole rings is 1. The van der Waals surface area contributed by atoms with Crippen LogP contribution in [0.5, 0.6) is 0 Å². The number of H-pyrrole nitrogens is 1. The highest BCUT2D eigenvalue weighted by Gasteiger charge is 2.11. The minimum atomic E-state index is 0.436. The predicted molar refractivity (Wildman–Crippen MR) is 89.0 cm³/mol. The lowest BCUT2D eigenvalue weighted by atomic mass is 10.1. The smallest absolute Gasteiger partial charge is 0.135 e. The molecule has 21 heavy (non-hydrogen) atoms. The summed E-state index contributed by atoms with van der Waals surface area (Å²) >= 11 is 7.82. The van der Waals surface area contributed by atoms with Gasteiger partial charge in [0.1, 0.15) is 10.8 Å². The van der Waals surface area contributed by atoms with Crippen LogP contribution in [0, 0.1) is 0 Å². The van der Waals surface area contributed by atoms with E-state index in [2.05, 4.69) is 21.9 Å². The largest absolute Gasteiger partial charge is 0.386 e. The van der Waals surface area contributed by atoms with Crippen molar-refractivity contribution in [1.82, 2.24) is 15.3 Å². The Hall–Kier alpha value is -2.18. The van der Waals surface area contributed by atoms with Crippen LogP contribution in [0.2, 0.25) is 5.02 Å². The average Bonchev–Trinajstić information content (AvgIpc) is 3.01. The van der Waals surface area contributed by atoms with Crippen molar-refractivity contribution in [3.63, 3.8) is 0 Å². The van der Waals surface area contributed by atoms with E-state index in [0.717, 1.165) is 27.2 Å². The van der Waals surface area contributed by atoms with Crippen LogP contribution in [0.1, 0.15) is 5.69 Å². The van der Waals surface area contributed by atoms with E-state index in [1.54, 1.807) is 5.38 Å². The predicted octanol–water partition coefficient (Wildman–Crippen LogP) is 3.05. The number of hydrogen-bond acceptors (Lipinski definition) is 5. The Morgan fingerprint density at radius 1 is 1.43 bits per heavy atom.